The molecular formula is C12H25NO. The third kappa shape index (κ3) is 2.48. The molecule has 1 rings (SSSR count). The van der Waals surface area contributed by atoms with Crippen LogP contribution in [0.3, 0.4) is 0 Å². The minimum absolute atomic E-state index is 0.112. The van der Waals surface area contributed by atoms with Crippen molar-refractivity contribution < 1.29 is 5.11 Å². The molecule has 2 atom stereocenters. The van der Waals surface area contributed by atoms with E-state index < -0.39 is 0 Å². The molecule has 0 aromatic heterocycles. The topological polar surface area (TPSA) is 32.3 Å². The molecule has 1 aliphatic rings. The minimum atomic E-state index is -0.112. The van der Waals surface area contributed by atoms with E-state index in [1.165, 1.54) is 6.42 Å². The largest absolute Gasteiger partial charge is 0.392 e. The first-order chi connectivity index (χ1) is 6.67. The van der Waals surface area contributed by atoms with Gasteiger partial charge in [0.25, 0.3) is 0 Å². The van der Waals surface area contributed by atoms with Gasteiger partial charge in [-0.1, -0.05) is 20.8 Å². The molecule has 0 unspecified atom stereocenters. The van der Waals surface area contributed by atoms with E-state index in [2.05, 4.69) is 26.1 Å². The SMILES string of the molecule is CCC(CC)(CC)N[C@H]1CCC[C@@H]1O. The van der Waals surface area contributed by atoms with Crippen LogP contribution in [0.1, 0.15) is 59.3 Å². The second-order valence-corrected chi connectivity index (χ2v) is 4.59. The second-order valence-electron chi connectivity index (χ2n) is 4.59. The van der Waals surface area contributed by atoms with Crippen molar-refractivity contribution in [2.75, 3.05) is 0 Å². The van der Waals surface area contributed by atoms with Crippen LogP contribution in [-0.2, 0) is 0 Å². The van der Waals surface area contributed by atoms with Gasteiger partial charge in [0.05, 0.1) is 6.10 Å². The van der Waals surface area contributed by atoms with Crippen LogP contribution in [0, 0.1) is 0 Å². The lowest BCUT2D eigenvalue weighted by Gasteiger charge is -2.36. The van der Waals surface area contributed by atoms with Crippen molar-refractivity contribution in [3.8, 4) is 0 Å². The van der Waals surface area contributed by atoms with E-state index in [0.29, 0.717) is 6.04 Å². The Bertz CT molecular complexity index is 157. The van der Waals surface area contributed by atoms with E-state index in [-0.39, 0.29) is 11.6 Å². The van der Waals surface area contributed by atoms with Crippen LogP contribution in [0.5, 0.6) is 0 Å². The highest BCUT2D eigenvalue weighted by molar-refractivity contribution is 4.92. The van der Waals surface area contributed by atoms with Crippen LogP contribution < -0.4 is 5.32 Å². The summed E-state index contributed by atoms with van der Waals surface area (Å²) in [4.78, 5) is 0. The van der Waals surface area contributed by atoms with Crippen LogP contribution in [0.15, 0.2) is 0 Å². The highest BCUT2D eigenvalue weighted by Gasteiger charge is 2.32. The first-order valence-electron chi connectivity index (χ1n) is 6.13. The van der Waals surface area contributed by atoms with Gasteiger partial charge in [-0.05, 0) is 38.5 Å². The Morgan fingerprint density at radius 1 is 1.14 bits per heavy atom. The predicted octanol–water partition coefficient (Wildman–Crippen LogP) is 2.46. The lowest BCUT2D eigenvalue weighted by Crippen LogP contribution is -2.51. The summed E-state index contributed by atoms with van der Waals surface area (Å²) in [5.41, 5.74) is 0.260. The number of aliphatic hydroxyl groups is 1. The van der Waals surface area contributed by atoms with Crippen LogP contribution in [0.4, 0.5) is 0 Å². The third-order valence-electron chi connectivity index (χ3n) is 4.00. The molecule has 0 aromatic rings. The Morgan fingerprint density at radius 2 is 1.71 bits per heavy atom. The van der Waals surface area contributed by atoms with Crippen LogP contribution in [-0.4, -0.2) is 22.8 Å². The first-order valence-corrected chi connectivity index (χ1v) is 6.13. The van der Waals surface area contributed by atoms with E-state index in [0.717, 1.165) is 32.1 Å². The number of hydrogen-bond donors (Lipinski definition) is 2. The highest BCUT2D eigenvalue weighted by atomic mass is 16.3. The van der Waals surface area contributed by atoms with Gasteiger partial charge < -0.3 is 10.4 Å². The second kappa shape index (κ2) is 5.13. The predicted molar refractivity (Wildman–Crippen MR) is 60.4 cm³/mol. The van der Waals surface area contributed by atoms with E-state index in [4.69, 9.17) is 0 Å². The van der Waals surface area contributed by atoms with Crippen molar-refractivity contribution in [1.82, 2.24) is 5.32 Å². The minimum Gasteiger partial charge on any atom is -0.392 e. The Labute approximate surface area is 88.1 Å². The monoisotopic (exact) mass is 199 g/mol. The van der Waals surface area contributed by atoms with Crippen LogP contribution in [0.2, 0.25) is 0 Å². The Morgan fingerprint density at radius 3 is 2.07 bits per heavy atom. The van der Waals surface area contributed by atoms with Gasteiger partial charge in [0.2, 0.25) is 0 Å². The molecule has 2 heteroatoms. The maximum atomic E-state index is 9.78. The lowest BCUT2D eigenvalue weighted by atomic mass is 9.88. The fourth-order valence-corrected chi connectivity index (χ4v) is 2.56. The van der Waals surface area contributed by atoms with Gasteiger partial charge in [-0.2, -0.15) is 0 Å². The van der Waals surface area contributed by atoms with Crippen molar-refractivity contribution in [3.05, 3.63) is 0 Å². The summed E-state index contributed by atoms with van der Waals surface area (Å²) < 4.78 is 0. The van der Waals surface area contributed by atoms with E-state index in [1.54, 1.807) is 0 Å². The van der Waals surface area contributed by atoms with Crippen molar-refractivity contribution in [3.63, 3.8) is 0 Å². The molecule has 0 amide bonds. The maximum Gasteiger partial charge on any atom is 0.0693 e. The zero-order chi connectivity index (χ0) is 10.6. The summed E-state index contributed by atoms with van der Waals surface area (Å²) in [6.45, 7) is 6.71. The lowest BCUT2D eigenvalue weighted by molar-refractivity contribution is 0.120. The molecule has 0 bridgehead atoms. The van der Waals surface area contributed by atoms with Crippen LogP contribution in [0.25, 0.3) is 0 Å². The maximum absolute atomic E-state index is 9.78. The molecule has 0 radical (unpaired) electrons. The van der Waals surface area contributed by atoms with E-state index in [9.17, 15) is 5.11 Å². The van der Waals surface area contributed by atoms with Gasteiger partial charge in [-0.25, -0.2) is 0 Å². The van der Waals surface area contributed by atoms with E-state index in [1.807, 2.05) is 0 Å². The Hall–Kier alpha value is -0.0800. The summed E-state index contributed by atoms with van der Waals surface area (Å²) in [6.07, 6.45) is 6.65. The number of rotatable bonds is 5. The molecule has 2 nitrogen and oxygen atoms in total. The van der Waals surface area contributed by atoms with E-state index >= 15 is 0 Å². The quantitative estimate of drug-likeness (QED) is 0.713. The van der Waals surface area contributed by atoms with Crippen molar-refractivity contribution in [2.45, 2.75) is 77.0 Å². The highest BCUT2D eigenvalue weighted by Crippen LogP contribution is 2.26. The molecule has 0 spiro atoms. The molecule has 1 fully saturated rings. The van der Waals surface area contributed by atoms with Crippen molar-refractivity contribution in [2.24, 2.45) is 0 Å². The zero-order valence-corrected chi connectivity index (χ0v) is 9.84. The number of hydrogen-bond acceptors (Lipinski definition) is 2. The molecular weight excluding hydrogens is 174 g/mol. The van der Waals surface area contributed by atoms with Gasteiger partial charge in [-0.15, -0.1) is 0 Å². The fourth-order valence-electron chi connectivity index (χ4n) is 2.56. The third-order valence-corrected chi connectivity index (χ3v) is 4.00. The fraction of sp³-hybridized carbons (Fsp3) is 1.00. The molecule has 0 saturated heterocycles. The summed E-state index contributed by atoms with van der Waals surface area (Å²) in [5, 5.41) is 13.5. The first kappa shape index (κ1) is 12.0. The van der Waals surface area contributed by atoms with Gasteiger partial charge in [0.15, 0.2) is 0 Å². The summed E-state index contributed by atoms with van der Waals surface area (Å²) in [5.74, 6) is 0. The van der Waals surface area contributed by atoms with Crippen LogP contribution >= 0.6 is 0 Å². The van der Waals surface area contributed by atoms with Crippen molar-refractivity contribution >= 4 is 0 Å². The molecule has 0 heterocycles. The van der Waals surface area contributed by atoms with Gasteiger partial charge in [0, 0.05) is 11.6 Å². The average Bonchev–Trinajstić information content (AvgIpc) is 2.61. The molecule has 14 heavy (non-hydrogen) atoms. The smallest absolute Gasteiger partial charge is 0.0693 e. The standard InChI is InChI=1S/C12H25NO/c1-4-12(5-2,6-3)13-10-8-7-9-11(10)14/h10-11,13-14H,4-9H2,1-3H3/t10-,11-/m0/s1. The van der Waals surface area contributed by atoms with Gasteiger partial charge >= 0.3 is 0 Å². The average molecular weight is 199 g/mol. The summed E-state index contributed by atoms with van der Waals surface area (Å²) >= 11 is 0. The molecule has 0 aromatic carbocycles. The summed E-state index contributed by atoms with van der Waals surface area (Å²) in [7, 11) is 0. The van der Waals surface area contributed by atoms with Gasteiger partial charge in [-0.3, -0.25) is 0 Å². The molecule has 1 aliphatic carbocycles. The Balaban J connectivity index is 2.54. The van der Waals surface area contributed by atoms with Gasteiger partial charge in [0.1, 0.15) is 0 Å². The normalized spacial score (nSPS) is 28.3. The molecule has 2 N–H and O–H groups in total. The Kier molecular flexibility index (Phi) is 4.39. The molecule has 1 saturated carbocycles. The molecule has 84 valence electrons. The number of aliphatic hydroxyl groups excluding tert-OH is 1. The number of nitrogens with one attached hydrogen (secondary N) is 1. The summed E-state index contributed by atoms with van der Waals surface area (Å²) in [6, 6.07) is 0.342. The van der Waals surface area contributed by atoms with Crippen molar-refractivity contribution in [1.29, 1.82) is 0 Å². The zero-order valence-electron chi connectivity index (χ0n) is 9.84. The molecule has 0 aliphatic heterocycles.